The molecule has 0 aromatic heterocycles. The Kier molecular flexibility index (Phi) is 5.36. The molecule has 2 aromatic rings. The summed E-state index contributed by atoms with van der Waals surface area (Å²) in [6, 6.07) is 10.9. The van der Waals surface area contributed by atoms with Crippen LogP contribution in [0.3, 0.4) is 0 Å². The Morgan fingerprint density at radius 3 is 2.73 bits per heavy atom. The number of carbonyl (C=O) groups is 2. The van der Waals surface area contributed by atoms with Crippen molar-refractivity contribution in [1.29, 1.82) is 0 Å². The molecule has 0 bridgehead atoms. The average Bonchev–Trinajstić information content (AvgIpc) is 3.07. The van der Waals surface area contributed by atoms with Crippen LogP contribution in [0.4, 0.5) is 15.8 Å². The van der Waals surface area contributed by atoms with Gasteiger partial charge in [0.25, 0.3) is 5.91 Å². The lowest BCUT2D eigenvalue weighted by atomic mass is 10.2. The molecular weight excluding hydrogens is 339 g/mol. The van der Waals surface area contributed by atoms with Gasteiger partial charge in [0.15, 0.2) is 18.2 Å². The van der Waals surface area contributed by atoms with Crippen LogP contribution in [0.1, 0.15) is 12.8 Å². The molecule has 1 aliphatic heterocycles. The summed E-state index contributed by atoms with van der Waals surface area (Å²) in [5.74, 6) is -0.368. The van der Waals surface area contributed by atoms with Crippen LogP contribution in [0.15, 0.2) is 42.5 Å². The topological polar surface area (TPSA) is 67.9 Å². The van der Waals surface area contributed by atoms with Crippen LogP contribution in [-0.2, 0) is 9.59 Å². The van der Waals surface area contributed by atoms with Gasteiger partial charge in [-0.1, -0.05) is 12.1 Å². The summed E-state index contributed by atoms with van der Waals surface area (Å²) in [7, 11) is 1.53. The zero-order chi connectivity index (χ0) is 18.5. The van der Waals surface area contributed by atoms with Gasteiger partial charge in [-0.05, 0) is 36.8 Å². The van der Waals surface area contributed by atoms with Crippen molar-refractivity contribution in [3.8, 4) is 11.5 Å². The number of para-hydroxylation sites is 1. The highest BCUT2D eigenvalue weighted by Crippen LogP contribution is 2.34. The zero-order valence-corrected chi connectivity index (χ0v) is 14.3. The fourth-order valence-electron chi connectivity index (χ4n) is 2.78. The Labute approximate surface area is 150 Å². The van der Waals surface area contributed by atoms with Crippen molar-refractivity contribution in [2.24, 2.45) is 0 Å². The van der Waals surface area contributed by atoms with E-state index in [1.165, 1.54) is 19.2 Å². The summed E-state index contributed by atoms with van der Waals surface area (Å²) in [5, 5.41) is 2.68. The van der Waals surface area contributed by atoms with Crippen molar-refractivity contribution in [2.45, 2.75) is 12.8 Å². The van der Waals surface area contributed by atoms with Gasteiger partial charge in [-0.2, -0.15) is 0 Å². The second kappa shape index (κ2) is 7.86. The van der Waals surface area contributed by atoms with E-state index >= 15 is 0 Å². The van der Waals surface area contributed by atoms with Crippen LogP contribution >= 0.6 is 0 Å². The molecule has 0 spiro atoms. The van der Waals surface area contributed by atoms with E-state index in [0.29, 0.717) is 30.1 Å². The van der Waals surface area contributed by atoms with Crippen LogP contribution in [0.25, 0.3) is 0 Å². The van der Waals surface area contributed by atoms with E-state index in [9.17, 15) is 14.0 Å². The molecule has 26 heavy (non-hydrogen) atoms. The Morgan fingerprint density at radius 2 is 2.04 bits per heavy atom. The highest BCUT2D eigenvalue weighted by atomic mass is 19.1. The first-order valence-corrected chi connectivity index (χ1v) is 8.24. The van der Waals surface area contributed by atoms with Gasteiger partial charge in [-0.25, -0.2) is 4.39 Å². The van der Waals surface area contributed by atoms with Crippen molar-refractivity contribution in [1.82, 2.24) is 0 Å². The van der Waals surface area contributed by atoms with Crippen molar-refractivity contribution in [3.05, 3.63) is 48.3 Å². The monoisotopic (exact) mass is 358 g/mol. The van der Waals surface area contributed by atoms with E-state index in [1.807, 2.05) is 0 Å². The highest BCUT2D eigenvalue weighted by molar-refractivity contribution is 5.98. The largest absolute Gasteiger partial charge is 0.495 e. The minimum absolute atomic E-state index is 0.0146. The van der Waals surface area contributed by atoms with E-state index in [4.69, 9.17) is 9.47 Å². The number of amides is 2. The number of rotatable bonds is 6. The highest BCUT2D eigenvalue weighted by Gasteiger charge is 2.24. The van der Waals surface area contributed by atoms with E-state index in [-0.39, 0.29) is 18.3 Å². The van der Waals surface area contributed by atoms with Crippen molar-refractivity contribution in [3.63, 3.8) is 0 Å². The molecule has 1 heterocycles. The van der Waals surface area contributed by atoms with Crippen LogP contribution in [0, 0.1) is 5.82 Å². The second-order valence-corrected chi connectivity index (χ2v) is 5.80. The summed E-state index contributed by atoms with van der Waals surface area (Å²) < 4.78 is 24.0. The summed E-state index contributed by atoms with van der Waals surface area (Å²) in [6.45, 7) is 0.286. The van der Waals surface area contributed by atoms with E-state index < -0.39 is 11.7 Å². The maximum atomic E-state index is 13.5. The van der Waals surface area contributed by atoms with Crippen molar-refractivity contribution in [2.75, 3.05) is 30.5 Å². The van der Waals surface area contributed by atoms with Gasteiger partial charge in [0.2, 0.25) is 5.91 Å². The third kappa shape index (κ3) is 3.93. The molecule has 1 saturated heterocycles. The summed E-state index contributed by atoms with van der Waals surface area (Å²) >= 11 is 0. The third-order valence-electron chi connectivity index (χ3n) is 4.02. The summed E-state index contributed by atoms with van der Waals surface area (Å²) in [4.78, 5) is 25.7. The van der Waals surface area contributed by atoms with Crippen molar-refractivity contribution >= 4 is 23.2 Å². The number of benzene rings is 2. The predicted octanol–water partition coefficient (Wildman–Crippen LogP) is 2.98. The fraction of sp³-hybridized carbons (Fsp3) is 0.263. The van der Waals surface area contributed by atoms with Crippen molar-refractivity contribution < 1.29 is 23.5 Å². The number of nitrogens with zero attached hydrogens (tertiary/aromatic N) is 1. The Balaban J connectivity index is 1.68. The van der Waals surface area contributed by atoms with Gasteiger partial charge in [0.05, 0.1) is 12.8 Å². The lowest BCUT2D eigenvalue weighted by Crippen LogP contribution is -2.25. The average molecular weight is 358 g/mol. The molecule has 0 atom stereocenters. The molecule has 0 radical (unpaired) electrons. The second-order valence-electron chi connectivity index (χ2n) is 5.80. The van der Waals surface area contributed by atoms with Gasteiger partial charge in [0, 0.05) is 18.7 Å². The molecule has 0 unspecified atom stereocenters. The molecular formula is C19H19FN2O4. The molecule has 0 aliphatic carbocycles. The Hall–Kier alpha value is -3.09. The molecule has 2 aromatic carbocycles. The van der Waals surface area contributed by atoms with E-state index in [1.54, 1.807) is 35.2 Å². The number of nitrogens with one attached hydrogen (secondary N) is 1. The lowest BCUT2D eigenvalue weighted by Gasteiger charge is -2.20. The molecule has 2 amide bonds. The number of halogens is 1. The molecule has 0 saturated carbocycles. The molecule has 1 N–H and O–H groups in total. The van der Waals surface area contributed by atoms with E-state index in [2.05, 4.69) is 5.32 Å². The smallest absolute Gasteiger partial charge is 0.262 e. The maximum absolute atomic E-state index is 13.5. The number of ether oxygens (including phenoxy) is 2. The number of hydrogen-bond donors (Lipinski definition) is 1. The minimum Gasteiger partial charge on any atom is -0.495 e. The van der Waals surface area contributed by atoms with Gasteiger partial charge in [-0.3, -0.25) is 9.59 Å². The van der Waals surface area contributed by atoms with Crippen LogP contribution < -0.4 is 19.7 Å². The predicted molar refractivity (Wildman–Crippen MR) is 95.1 cm³/mol. The van der Waals surface area contributed by atoms with Crippen LogP contribution in [0.5, 0.6) is 11.5 Å². The number of methoxy groups -OCH3 is 1. The normalized spacial score (nSPS) is 13.6. The molecule has 7 heteroatoms. The summed E-state index contributed by atoms with van der Waals surface area (Å²) in [5.41, 5.74) is 1.12. The fourth-order valence-corrected chi connectivity index (χ4v) is 2.78. The summed E-state index contributed by atoms with van der Waals surface area (Å²) in [6.07, 6.45) is 1.28. The van der Waals surface area contributed by atoms with Gasteiger partial charge < -0.3 is 19.7 Å². The standard InChI is InChI=1S/C19H19FN2O4/c1-25-17-9-8-13(11-15(17)22-10-4-7-19(22)24)21-18(23)12-26-16-6-3-2-5-14(16)20/h2-3,5-6,8-9,11H,4,7,10,12H2,1H3,(H,21,23). The van der Waals surface area contributed by atoms with Gasteiger partial charge >= 0.3 is 0 Å². The van der Waals surface area contributed by atoms with E-state index in [0.717, 1.165) is 6.42 Å². The first-order valence-electron chi connectivity index (χ1n) is 8.24. The lowest BCUT2D eigenvalue weighted by molar-refractivity contribution is -0.118. The number of hydrogen-bond acceptors (Lipinski definition) is 4. The number of carbonyl (C=O) groups excluding carboxylic acids is 2. The first kappa shape index (κ1) is 17.7. The molecule has 3 rings (SSSR count). The Bertz CT molecular complexity index is 825. The SMILES string of the molecule is COc1ccc(NC(=O)COc2ccccc2F)cc1N1CCCC1=O. The van der Waals surface area contributed by atoms with Gasteiger partial charge in [-0.15, -0.1) is 0 Å². The zero-order valence-electron chi connectivity index (χ0n) is 14.3. The quantitative estimate of drug-likeness (QED) is 0.862. The number of anilines is 2. The molecule has 1 fully saturated rings. The van der Waals surface area contributed by atoms with Crippen LogP contribution in [0.2, 0.25) is 0 Å². The molecule has 6 nitrogen and oxygen atoms in total. The molecule has 136 valence electrons. The van der Waals surface area contributed by atoms with Gasteiger partial charge in [0.1, 0.15) is 5.75 Å². The first-order chi connectivity index (χ1) is 12.6. The third-order valence-corrected chi connectivity index (χ3v) is 4.02. The Morgan fingerprint density at radius 1 is 1.23 bits per heavy atom. The maximum Gasteiger partial charge on any atom is 0.262 e. The van der Waals surface area contributed by atoms with Crippen LogP contribution in [-0.4, -0.2) is 32.1 Å². The minimum atomic E-state index is -0.528. The molecule has 1 aliphatic rings.